The van der Waals surface area contributed by atoms with Gasteiger partial charge in [-0.15, -0.1) is 0 Å². The number of benzene rings is 2. The summed E-state index contributed by atoms with van der Waals surface area (Å²) in [6.07, 6.45) is -0.880. The van der Waals surface area contributed by atoms with E-state index in [1.807, 2.05) is 6.92 Å². The molecule has 0 bridgehead atoms. The van der Waals surface area contributed by atoms with E-state index in [4.69, 9.17) is 16.3 Å². The quantitative estimate of drug-likeness (QED) is 0.851. The Labute approximate surface area is 134 Å². The molecule has 1 atom stereocenters. The predicted octanol–water partition coefficient (Wildman–Crippen LogP) is 3.80. The smallest absolute Gasteiger partial charge is 0.227 e. The number of carbonyl (C=O) groups is 1. The molecule has 0 aliphatic carbocycles. The lowest BCUT2D eigenvalue weighted by molar-refractivity contribution is -0.118. The van der Waals surface area contributed by atoms with E-state index < -0.39 is 6.10 Å². The molecule has 0 aliphatic rings. The van der Waals surface area contributed by atoms with E-state index in [2.05, 4.69) is 5.32 Å². The first-order valence-corrected chi connectivity index (χ1v) is 7.42. The van der Waals surface area contributed by atoms with Gasteiger partial charge in [-0.25, -0.2) is 0 Å². The van der Waals surface area contributed by atoms with Crippen molar-refractivity contribution in [2.75, 3.05) is 11.9 Å². The molecule has 0 fully saturated rings. The summed E-state index contributed by atoms with van der Waals surface area (Å²) in [6.45, 7) is 2.51. The largest absolute Gasteiger partial charge is 0.494 e. The van der Waals surface area contributed by atoms with Crippen LogP contribution in [0.3, 0.4) is 0 Å². The molecule has 0 heterocycles. The topological polar surface area (TPSA) is 58.6 Å². The van der Waals surface area contributed by atoms with E-state index in [-0.39, 0.29) is 12.3 Å². The van der Waals surface area contributed by atoms with Crippen molar-refractivity contribution in [2.45, 2.75) is 19.4 Å². The first-order chi connectivity index (χ1) is 10.6. The molecule has 4 nitrogen and oxygen atoms in total. The molecule has 1 unspecified atom stereocenters. The van der Waals surface area contributed by atoms with Crippen LogP contribution in [0.5, 0.6) is 5.75 Å². The standard InChI is InChI=1S/C17H18ClNO3/c1-2-22-15-9-7-14(8-10-15)19-17(21)11-16(20)12-3-5-13(18)6-4-12/h3-10,16,20H,2,11H2,1H3,(H,19,21). The Balaban J connectivity index is 1.90. The maximum atomic E-state index is 11.9. The normalized spacial score (nSPS) is 11.8. The van der Waals surface area contributed by atoms with Crippen LogP contribution in [0.4, 0.5) is 5.69 Å². The highest BCUT2D eigenvalue weighted by Gasteiger charge is 2.13. The molecule has 5 heteroatoms. The van der Waals surface area contributed by atoms with E-state index >= 15 is 0 Å². The predicted molar refractivity (Wildman–Crippen MR) is 87.3 cm³/mol. The van der Waals surface area contributed by atoms with Crippen LogP contribution < -0.4 is 10.1 Å². The molecule has 0 spiro atoms. The van der Waals surface area contributed by atoms with Gasteiger partial charge in [0.15, 0.2) is 0 Å². The molecular weight excluding hydrogens is 302 g/mol. The molecule has 22 heavy (non-hydrogen) atoms. The third-order valence-corrected chi connectivity index (χ3v) is 3.33. The number of hydrogen-bond donors (Lipinski definition) is 2. The van der Waals surface area contributed by atoms with Gasteiger partial charge in [-0.3, -0.25) is 4.79 Å². The fraction of sp³-hybridized carbons (Fsp3) is 0.235. The van der Waals surface area contributed by atoms with Crippen molar-refractivity contribution in [1.82, 2.24) is 0 Å². The summed E-state index contributed by atoms with van der Waals surface area (Å²) in [5.74, 6) is 0.494. The van der Waals surface area contributed by atoms with Crippen molar-refractivity contribution in [3.63, 3.8) is 0 Å². The van der Waals surface area contributed by atoms with Gasteiger partial charge in [0.1, 0.15) is 5.75 Å². The molecule has 0 aromatic heterocycles. The minimum Gasteiger partial charge on any atom is -0.494 e. The number of aliphatic hydroxyl groups excluding tert-OH is 1. The summed E-state index contributed by atoms with van der Waals surface area (Å²) in [7, 11) is 0. The Morgan fingerprint density at radius 3 is 2.41 bits per heavy atom. The summed E-state index contributed by atoms with van der Waals surface area (Å²) in [4.78, 5) is 11.9. The highest BCUT2D eigenvalue weighted by molar-refractivity contribution is 6.30. The molecule has 0 aliphatic heterocycles. The summed E-state index contributed by atoms with van der Waals surface area (Å²) < 4.78 is 5.33. The first kappa shape index (κ1) is 16.3. The number of anilines is 1. The monoisotopic (exact) mass is 319 g/mol. The highest BCUT2D eigenvalue weighted by Crippen LogP contribution is 2.20. The van der Waals surface area contributed by atoms with Gasteiger partial charge in [-0.2, -0.15) is 0 Å². The number of ether oxygens (including phenoxy) is 1. The zero-order valence-electron chi connectivity index (χ0n) is 12.3. The summed E-state index contributed by atoms with van der Waals surface area (Å²) >= 11 is 5.79. The van der Waals surface area contributed by atoms with Crippen molar-refractivity contribution >= 4 is 23.2 Å². The molecule has 0 radical (unpaired) electrons. The number of nitrogens with one attached hydrogen (secondary N) is 1. The second kappa shape index (κ2) is 7.82. The molecule has 2 aromatic rings. The van der Waals surface area contributed by atoms with Crippen LogP contribution in [0.25, 0.3) is 0 Å². The van der Waals surface area contributed by atoms with Gasteiger partial charge in [0.05, 0.1) is 19.1 Å². The van der Waals surface area contributed by atoms with E-state index in [9.17, 15) is 9.90 Å². The lowest BCUT2D eigenvalue weighted by Gasteiger charge is -2.12. The summed E-state index contributed by atoms with van der Waals surface area (Å²) in [5.41, 5.74) is 1.32. The van der Waals surface area contributed by atoms with Crippen molar-refractivity contribution < 1.29 is 14.6 Å². The van der Waals surface area contributed by atoms with Crippen LogP contribution in [0, 0.1) is 0 Å². The van der Waals surface area contributed by atoms with Gasteiger partial charge < -0.3 is 15.2 Å². The van der Waals surface area contributed by atoms with Gasteiger partial charge >= 0.3 is 0 Å². The molecule has 116 valence electrons. The zero-order valence-corrected chi connectivity index (χ0v) is 13.0. The molecule has 2 aromatic carbocycles. The van der Waals surface area contributed by atoms with Crippen LogP contribution in [0.2, 0.25) is 5.02 Å². The lowest BCUT2D eigenvalue weighted by Crippen LogP contribution is -2.15. The van der Waals surface area contributed by atoms with Crippen LogP contribution >= 0.6 is 11.6 Å². The summed E-state index contributed by atoms with van der Waals surface area (Å²) in [6, 6.07) is 13.9. The molecular formula is C17H18ClNO3. The van der Waals surface area contributed by atoms with Crippen LogP contribution in [-0.4, -0.2) is 17.6 Å². The van der Waals surface area contributed by atoms with Gasteiger partial charge in [0.25, 0.3) is 0 Å². The van der Waals surface area contributed by atoms with Crippen molar-refractivity contribution in [3.05, 3.63) is 59.1 Å². The molecule has 1 amide bonds. The van der Waals surface area contributed by atoms with E-state index in [0.29, 0.717) is 22.9 Å². The molecule has 2 N–H and O–H groups in total. The van der Waals surface area contributed by atoms with Crippen molar-refractivity contribution in [3.8, 4) is 5.75 Å². The second-order valence-corrected chi connectivity index (χ2v) is 5.21. The Morgan fingerprint density at radius 2 is 1.82 bits per heavy atom. The maximum absolute atomic E-state index is 11.9. The number of hydrogen-bond acceptors (Lipinski definition) is 3. The fourth-order valence-corrected chi connectivity index (χ4v) is 2.12. The number of aliphatic hydroxyl groups is 1. The van der Waals surface area contributed by atoms with Crippen LogP contribution in [-0.2, 0) is 4.79 Å². The fourth-order valence-electron chi connectivity index (χ4n) is 1.99. The van der Waals surface area contributed by atoms with Gasteiger partial charge in [0, 0.05) is 10.7 Å². The lowest BCUT2D eigenvalue weighted by atomic mass is 10.1. The average molecular weight is 320 g/mol. The third-order valence-electron chi connectivity index (χ3n) is 3.08. The first-order valence-electron chi connectivity index (χ1n) is 7.04. The van der Waals surface area contributed by atoms with Crippen molar-refractivity contribution in [2.24, 2.45) is 0 Å². The van der Waals surface area contributed by atoms with Gasteiger partial charge in [-0.05, 0) is 48.9 Å². The maximum Gasteiger partial charge on any atom is 0.227 e. The Hall–Kier alpha value is -2.04. The Morgan fingerprint density at radius 1 is 1.18 bits per heavy atom. The van der Waals surface area contributed by atoms with Crippen molar-refractivity contribution in [1.29, 1.82) is 0 Å². The van der Waals surface area contributed by atoms with E-state index in [1.54, 1.807) is 48.5 Å². The Bertz CT molecular complexity index is 611. The van der Waals surface area contributed by atoms with E-state index in [0.717, 1.165) is 5.75 Å². The molecule has 0 saturated carbocycles. The minimum atomic E-state index is -0.861. The second-order valence-electron chi connectivity index (χ2n) is 4.78. The molecule has 0 saturated heterocycles. The van der Waals surface area contributed by atoms with Crippen LogP contribution in [0.15, 0.2) is 48.5 Å². The number of carbonyl (C=O) groups excluding carboxylic acids is 1. The Kier molecular flexibility index (Phi) is 5.81. The number of amides is 1. The van der Waals surface area contributed by atoms with Crippen LogP contribution in [0.1, 0.15) is 25.0 Å². The minimum absolute atomic E-state index is 0.0190. The summed E-state index contributed by atoms with van der Waals surface area (Å²) in [5, 5.41) is 13.4. The third kappa shape index (κ3) is 4.76. The highest BCUT2D eigenvalue weighted by atomic mass is 35.5. The number of rotatable bonds is 6. The van der Waals surface area contributed by atoms with Gasteiger partial charge in [-0.1, -0.05) is 23.7 Å². The number of halogens is 1. The molecule has 2 rings (SSSR count). The van der Waals surface area contributed by atoms with Gasteiger partial charge in [0.2, 0.25) is 5.91 Å². The SMILES string of the molecule is CCOc1ccc(NC(=O)CC(O)c2ccc(Cl)cc2)cc1. The van der Waals surface area contributed by atoms with E-state index in [1.165, 1.54) is 0 Å². The average Bonchev–Trinajstić information content (AvgIpc) is 2.50. The zero-order chi connectivity index (χ0) is 15.9.